The highest BCUT2D eigenvalue weighted by molar-refractivity contribution is 5.52. The summed E-state index contributed by atoms with van der Waals surface area (Å²) in [7, 11) is 2.14. The van der Waals surface area contributed by atoms with Crippen LogP contribution in [-0.4, -0.2) is 4.57 Å². The van der Waals surface area contributed by atoms with Gasteiger partial charge in [-0.25, -0.2) is 9.13 Å². The van der Waals surface area contributed by atoms with Gasteiger partial charge in [-0.15, -0.1) is 0 Å². The van der Waals surface area contributed by atoms with Gasteiger partial charge in [0.1, 0.15) is 12.4 Å². The molecule has 0 atom stereocenters. The minimum atomic E-state index is 1.13. The highest BCUT2D eigenvalue weighted by Gasteiger charge is 2.15. The first-order valence-corrected chi connectivity index (χ1v) is 12.4. The summed E-state index contributed by atoms with van der Waals surface area (Å²) in [5.41, 5.74) is 1.31. The summed E-state index contributed by atoms with van der Waals surface area (Å²) in [6, 6.07) is 10.8. The lowest BCUT2D eigenvalue weighted by molar-refractivity contribution is -0.685. The molecule has 2 aromatic rings. The van der Waals surface area contributed by atoms with E-state index >= 15 is 0 Å². The van der Waals surface area contributed by atoms with E-state index < -0.39 is 0 Å². The highest BCUT2D eigenvalue weighted by atomic mass is 15.1. The van der Waals surface area contributed by atoms with Crippen LogP contribution in [0.25, 0.3) is 11.4 Å². The van der Waals surface area contributed by atoms with Gasteiger partial charge in [-0.1, -0.05) is 109 Å². The molecule has 2 heteroatoms. The van der Waals surface area contributed by atoms with Crippen molar-refractivity contribution in [3.05, 3.63) is 42.7 Å². The van der Waals surface area contributed by atoms with Gasteiger partial charge in [-0.2, -0.15) is 0 Å². The fraction of sp³-hybridized carbons (Fsp3) is 0.667. The number of aromatic nitrogens is 2. The molecule has 162 valence electrons. The van der Waals surface area contributed by atoms with Gasteiger partial charge in [0.2, 0.25) is 0 Å². The van der Waals surface area contributed by atoms with Crippen molar-refractivity contribution in [3.8, 4) is 11.4 Å². The van der Waals surface area contributed by atoms with E-state index in [-0.39, 0.29) is 0 Å². The van der Waals surface area contributed by atoms with Gasteiger partial charge in [0, 0.05) is 0 Å². The monoisotopic (exact) mass is 397 g/mol. The quantitative estimate of drug-likeness (QED) is 0.190. The van der Waals surface area contributed by atoms with Crippen LogP contribution in [-0.2, 0) is 13.6 Å². The summed E-state index contributed by atoms with van der Waals surface area (Å²) in [5.74, 6) is 1.32. The lowest BCUT2D eigenvalue weighted by Gasteiger charge is -2.04. The first-order chi connectivity index (χ1) is 14.3. The predicted octanol–water partition coefficient (Wildman–Crippen LogP) is 7.85. The SMILES string of the molecule is CCCCCCCCCCCCCCCCC[n+]1ccn(C)c1-c1ccccc1. The van der Waals surface area contributed by atoms with Crippen molar-refractivity contribution >= 4 is 0 Å². The molecule has 1 aromatic heterocycles. The van der Waals surface area contributed by atoms with Crippen LogP contribution in [0.4, 0.5) is 0 Å². The van der Waals surface area contributed by atoms with Crippen molar-refractivity contribution in [3.63, 3.8) is 0 Å². The Bertz CT molecular complexity index is 629. The molecule has 0 amide bonds. The molecule has 0 bridgehead atoms. The molecule has 0 aliphatic carbocycles. The van der Waals surface area contributed by atoms with Crippen LogP contribution in [0.3, 0.4) is 0 Å². The fourth-order valence-electron chi connectivity index (χ4n) is 4.31. The van der Waals surface area contributed by atoms with Gasteiger partial charge in [-0.05, 0) is 25.0 Å². The van der Waals surface area contributed by atoms with Crippen molar-refractivity contribution < 1.29 is 4.57 Å². The largest absolute Gasteiger partial charge is 0.288 e. The lowest BCUT2D eigenvalue weighted by atomic mass is 10.0. The second kappa shape index (κ2) is 15.3. The number of rotatable bonds is 17. The number of hydrogen-bond acceptors (Lipinski definition) is 0. The molecule has 0 aliphatic rings. The highest BCUT2D eigenvalue weighted by Crippen LogP contribution is 2.16. The molecule has 0 radical (unpaired) electrons. The summed E-state index contributed by atoms with van der Waals surface area (Å²) in [5, 5.41) is 0. The average Bonchev–Trinajstić information content (AvgIpc) is 3.11. The van der Waals surface area contributed by atoms with Gasteiger partial charge in [0.15, 0.2) is 0 Å². The van der Waals surface area contributed by atoms with E-state index in [1.54, 1.807) is 0 Å². The maximum Gasteiger partial charge on any atom is 0.288 e. The normalized spacial score (nSPS) is 11.2. The van der Waals surface area contributed by atoms with E-state index in [1.807, 2.05) is 0 Å². The zero-order valence-corrected chi connectivity index (χ0v) is 19.2. The molecule has 2 nitrogen and oxygen atoms in total. The van der Waals surface area contributed by atoms with Crippen molar-refractivity contribution in [2.75, 3.05) is 0 Å². The summed E-state index contributed by atoms with van der Waals surface area (Å²) >= 11 is 0. The number of nitrogens with zero attached hydrogens (tertiary/aromatic N) is 2. The third-order valence-electron chi connectivity index (χ3n) is 6.11. The molecular weight excluding hydrogens is 352 g/mol. The number of aryl methyl sites for hydroxylation is 2. The summed E-state index contributed by atoms with van der Waals surface area (Å²) in [6.45, 7) is 3.42. The molecule has 0 N–H and O–H groups in total. The minimum Gasteiger partial charge on any atom is -0.233 e. The molecule has 0 saturated heterocycles. The fourth-order valence-corrected chi connectivity index (χ4v) is 4.31. The Kier molecular flexibility index (Phi) is 12.5. The first-order valence-electron chi connectivity index (χ1n) is 12.4. The predicted molar refractivity (Wildman–Crippen MR) is 126 cm³/mol. The second-order valence-electron chi connectivity index (χ2n) is 8.74. The van der Waals surface area contributed by atoms with E-state index in [1.165, 1.54) is 108 Å². The number of unbranched alkanes of at least 4 members (excludes halogenated alkanes) is 14. The van der Waals surface area contributed by atoms with Crippen molar-refractivity contribution in [2.45, 2.75) is 110 Å². The third-order valence-corrected chi connectivity index (χ3v) is 6.11. The van der Waals surface area contributed by atoms with Gasteiger partial charge in [0.05, 0.1) is 19.2 Å². The van der Waals surface area contributed by atoms with Crippen LogP contribution in [0.2, 0.25) is 0 Å². The molecule has 0 aliphatic heterocycles. The Labute approximate surface area is 180 Å². The molecule has 2 rings (SSSR count). The lowest BCUT2D eigenvalue weighted by Crippen LogP contribution is -2.34. The Balaban J connectivity index is 1.45. The van der Waals surface area contributed by atoms with Gasteiger partial charge >= 0.3 is 0 Å². The van der Waals surface area contributed by atoms with E-state index in [0.29, 0.717) is 0 Å². The van der Waals surface area contributed by atoms with Crippen LogP contribution >= 0.6 is 0 Å². The van der Waals surface area contributed by atoms with E-state index in [0.717, 1.165) is 6.54 Å². The third kappa shape index (κ3) is 9.65. The maximum atomic E-state index is 2.41. The molecule has 29 heavy (non-hydrogen) atoms. The topological polar surface area (TPSA) is 8.81 Å². The number of hydrogen-bond donors (Lipinski definition) is 0. The van der Waals surface area contributed by atoms with Gasteiger partial charge < -0.3 is 0 Å². The molecule has 1 heterocycles. The van der Waals surface area contributed by atoms with E-state index in [4.69, 9.17) is 0 Å². The van der Waals surface area contributed by atoms with Crippen molar-refractivity contribution in [2.24, 2.45) is 7.05 Å². The Hall–Kier alpha value is -1.57. The smallest absolute Gasteiger partial charge is 0.233 e. The Morgan fingerprint density at radius 3 is 1.66 bits per heavy atom. The summed E-state index contributed by atoms with van der Waals surface area (Å²) in [6.07, 6.45) is 25.7. The van der Waals surface area contributed by atoms with Crippen LogP contribution in [0, 0.1) is 0 Å². The summed E-state index contributed by atoms with van der Waals surface area (Å²) < 4.78 is 4.65. The minimum absolute atomic E-state index is 1.13. The van der Waals surface area contributed by atoms with Crippen LogP contribution in [0.5, 0.6) is 0 Å². The zero-order chi connectivity index (χ0) is 20.6. The molecule has 1 aromatic carbocycles. The first kappa shape index (κ1) is 23.7. The second-order valence-corrected chi connectivity index (χ2v) is 8.74. The maximum absolute atomic E-state index is 2.41. The van der Waals surface area contributed by atoms with Crippen molar-refractivity contribution in [1.82, 2.24) is 4.57 Å². The van der Waals surface area contributed by atoms with Crippen LogP contribution in [0.15, 0.2) is 42.7 Å². The Morgan fingerprint density at radius 1 is 0.655 bits per heavy atom. The van der Waals surface area contributed by atoms with E-state index in [2.05, 4.69) is 65.8 Å². The number of benzene rings is 1. The Morgan fingerprint density at radius 2 is 1.14 bits per heavy atom. The van der Waals surface area contributed by atoms with Crippen molar-refractivity contribution in [1.29, 1.82) is 0 Å². The average molecular weight is 398 g/mol. The molecule has 0 spiro atoms. The molecule has 0 unspecified atom stereocenters. The van der Waals surface area contributed by atoms with Crippen LogP contribution in [0.1, 0.15) is 103 Å². The molecule has 0 saturated carbocycles. The van der Waals surface area contributed by atoms with E-state index in [9.17, 15) is 0 Å². The molecular formula is C27H45N2+. The van der Waals surface area contributed by atoms with Crippen LogP contribution < -0.4 is 4.57 Å². The van der Waals surface area contributed by atoms with Gasteiger partial charge in [-0.3, -0.25) is 0 Å². The standard InChI is InChI=1S/C27H45N2/c1-3-4-5-6-7-8-9-10-11-12-13-14-15-16-20-23-29-25-24-28(2)27(29)26-21-18-17-19-22-26/h17-19,21-22,24-25H,3-16,20,23H2,1-2H3/q+1. The van der Waals surface area contributed by atoms with Gasteiger partial charge in [0.25, 0.3) is 5.82 Å². The molecule has 0 fully saturated rings. The zero-order valence-electron chi connectivity index (χ0n) is 19.2. The number of imidazole rings is 1. The summed E-state index contributed by atoms with van der Waals surface area (Å²) in [4.78, 5) is 0.